The van der Waals surface area contributed by atoms with E-state index in [0.29, 0.717) is 11.3 Å². The number of Topliss-reactive ketones (excluding diaryl/α,β-unsaturated/α-hetero) is 1. The van der Waals surface area contributed by atoms with Crippen LogP contribution < -0.4 is 5.32 Å². The summed E-state index contributed by atoms with van der Waals surface area (Å²) in [5, 5.41) is 10.7. The molecule has 0 bridgehead atoms. The summed E-state index contributed by atoms with van der Waals surface area (Å²) < 4.78 is 38.9. The van der Waals surface area contributed by atoms with Crippen molar-refractivity contribution in [1.82, 2.24) is 4.98 Å². The molecule has 0 aliphatic rings. The third kappa shape index (κ3) is 5.49. The highest BCUT2D eigenvalue weighted by Crippen LogP contribution is 2.36. The van der Waals surface area contributed by atoms with Gasteiger partial charge in [0.2, 0.25) is 5.91 Å². The van der Waals surface area contributed by atoms with Gasteiger partial charge in [0.05, 0.1) is 21.4 Å². The number of nitrogens with one attached hydrogen (secondary N) is 1. The van der Waals surface area contributed by atoms with Crippen molar-refractivity contribution in [1.29, 1.82) is 5.26 Å². The Morgan fingerprint density at radius 2 is 1.97 bits per heavy atom. The third-order valence-corrected chi connectivity index (χ3v) is 5.31. The van der Waals surface area contributed by atoms with E-state index in [-0.39, 0.29) is 22.1 Å². The zero-order chi connectivity index (χ0) is 21.9. The van der Waals surface area contributed by atoms with Crippen molar-refractivity contribution in [2.45, 2.75) is 37.2 Å². The Hall–Kier alpha value is -2.57. The van der Waals surface area contributed by atoms with E-state index >= 15 is 0 Å². The van der Waals surface area contributed by atoms with Crippen LogP contribution in [0.4, 0.5) is 18.9 Å². The molecule has 2 aromatic rings. The van der Waals surface area contributed by atoms with E-state index in [9.17, 15) is 28.0 Å². The Labute approximate surface area is 174 Å². The highest BCUT2D eigenvalue weighted by atomic mass is 35.5. The van der Waals surface area contributed by atoms with Crippen LogP contribution in [0.5, 0.6) is 0 Å². The summed E-state index contributed by atoms with van der Waals surface area (Å²) in [6, 6.07) is 6.41. The van der Waals surface area contributed by atoms with Crippen LogP contribution in [0.3, 0.4) is 0 Å². The Kier molecular flexibility index (Phi) is 6.93. The maximum absolute atomic E-state index is 13.0. The van der Waals surface area contributed by atoms with Crippen LogP contribution >= 0.6 is 23.4 Å². The van der Waals surface area contributed by atoms with Gasteiger partial charge in [-0.25, -0.2) is 4.98 Å². The molecule has 152 valence electrons. The van der Waals surface area contributed by atoms with E-state index < -0.39 is 27.9 Å². The number of pyridine rings is 1. The molecule has 1 unspecified atom stereocenters. The van der Waals surface area contributed by atoms with Gasteiger partial charge in [0, 0.05) is 16.9 Å². The summed E-state index contributed by atoms with van der Waals surface area (Å²) >= 11 is 6.54. The molecule has 1 aromatic carbocycles. The number of ketones is 1. The number of halogens is 4. The van der Waals surface area contributed by atoms with E-state index in [1.165, 1.54) is 26.0 Å². The van der Waals surface area contributed by atoms with Crippen molar-refractivity contribution in [3.8, 4) is 6.07 Å². The van der Waals surface area contributed by atoms with Crippen molar-refractivity contribution in [3.63, 3.8) is 0 Å². The number of carbonyl (C=O) groups is 2. The predicted octanol–water partition coefficient (Wildman–Crippen LogP) is 5.26. The van der Waals surface area contributed by atoms with E-state index in [4.69, 9.17) is 11.6 Å². The number of aryl methyl sites for hydroxylation is 1. The molecule has 0 saturated carbocycles. The molecule has 0 aliphatic carbocycles. The van der Waals surface area contributed by atoms with Crippen molar-refractivity contribution < 1.29 is 22.8 Å². The molecule has 0 radical (unpaired) electrons. The third-order valence-electron chi connectivity index (χ3n) is 3.87. The number of nitriles is 1. The lowest BCUT2D eigenvalue weighted by Gasteiger charge is -2.15. The molecule has 0 saturated heterocycles. The van der Waals surface area contributed by atoms with Crippen LogP contribution in [0, 0.1) is 18.3 Å². The summed E-state index contributed by atoms with van der Waals surface area (Å²) in [4.78, 5) is 28.2. The maximum Gasteiger partial charge on any atom is 0.417 e. The van der Waals surface area contributed by atoms with Crippen LogP contribution in [-0.2, 0) is 11.0 Å². The topological polar surface area (TPSA) is 82.8 Å². The second-order valence-electron chi connectivity index (χ2n) is 6.08. The van der Waals surface area contributed by atoms with Gasteiger partial charge < -0.3 is 5.32 Å². The normalized spacial score (nSPS) is 12.2. The zero-order valence-corrected chi connectivity index (χ0v) is 17.1. The minimum atomic E-state index is -4.65. The quantitative estimate of drug-likeness (QED) is 0.505. The fraction of sp³-hybridized carbons (Fsp3) is 0.263. The smallest absolute Gasteiger partial charge is 0.325 e. The van der Waals surface area contributed by atoms with Crippen LogP contribution in [-0.4, -0.2) is 21.9 Å². The number of hydrogen-bond acceptors (Lipinski definition) is 5. The lowest BCUT2D eigenvalue weighted by molar-refractivity contribution is -0.137. The molecule has 2 rings (SSSR count). The average molecular weight is 442 g/mol. The Bertz CT molecular complexity index is 1020. The Morgan fingerprint density at radius 1 is 1.31 bits per heavy atom. The second-order valence-corrected chi connectivity index (χ2v) is 7.82. The number of anilines is 1. The first kappa shape index (κ1) is 22.7. The number of carbonyl (C=O) groups excluding carboxylic acids is 2. The molecule has 1 heterocycles. The van der Waals surface area contributed by atoms with Crippen molar-refractivity contribution in [2.75, 3.05) is 5.32 Å². The number of amides is 1. The standard InChI is InChI=1S/C19H15ClF3N3O2S/c1-9-14(10(2)27)6-12(8-24)18(25-9)29-11(3)17(28)26-13-4-5-16(20)15(7-13)19(21,22)23/h4-7,11H,1-3H3,(H,26,28). The summed E-state index contributed by atoms with van der Waals surface area (Å²) in [6.45, 7) is 4.49. The van der Waals surface area contributed by atoms with Crippen molar-refractivity contribution in [2.24, 2.45) is 0 Å². The lowest BCUT2D eigenvalue weighted by Crippen LogP contribution is -2.23. The van der Waals surface area contributed by atoms with Gasteiger partial charge in [-0.1, -0.05) is 23.4 Å². The van der Waals surface area contributed by atoms with Crippen LogP contribution in [0.25, 0.3) is 0 Å². The maximum atomic E-state index is 13.0. The van der Waals surface area contributed by atoms with Gasteiger partial charge in [-0.15, -0.1) is 0 Å². The number of benzene rings is 1. The molecule has 1 N–H and O–H groups in total. The fourth-order valence-corrected chi connectivity index (χ4v) is 3.54. The average Bonchev–Trinajstić information content (AvgIpc) is 2.62. The summed E-state index contributed by atoms with van der Waals surface area (Å²) in [5.41, 5.74) is -0.254. The predicted molar refractivity (Wildman–Crippen MR) is 104 cm³/mol. The number of rotatable bonds is 5. The molecule has 1 atom stereocenters. The van der Waals surface area contributed by atoms with E-state index in [0.717, 1.165) is 23.9 Å². The molecular formula is C19H15ClF3N3O2S. The van der Waals surface area contributed by atoms with Crippen LogP contribution in [0.1, 0.15) is 41.0 Å². The van der Waals surface area contributed by atoms with E-state index in [1.807, 2.05) is 6.07 Å². The molecule has 1 amide bonds. The lowest BCUT2D eigenvalue weighted by atomic mass is 10.1. The SMILES string of the molecule is CC(=O)c1cc(C#N)c(SC(C)C(=O)Nc2ccc(Cl)c(C(F)(F)F)c2)nc1C. The first-order chi connectivity index (χ1) is 13.4. The number of thioether (sulfide) groups is 1. The molecule has 1 aromatic heterocycles. The van der Waals surface area contributed by atoms with E-state index in [2.05, 4.69) is 10.3 Å². The highest BCUT2D eigenvalue weighted by molar-refractivity contribution is 8.00. The van der Waals surface area contributed by atoms with Gasteiger partial charge in [0.15, 0.2) is 5.78 Å². The molecule has 0 spiro atoms. The Balaban J connectivity index is 2.21. The molecule has 29 heavy (non-hydrogen) atoms. The van der Waals surface area contributed by atoms with Crippen LogP contribution in [0.2, 0.25) is 5.02 Å². The number of alkyl halides is 3. The number of nitrogens with zero attached hydrogens (tertiary/aromatic N) is 2. The molecule has 0 fully saturated rings. The zero-order valence-electron chi connectivity index (χ0n) is 15.5. The summed E-state index contributed by atoms with van der Waals surface area (Å²) in [5.74, 6) is -0.818. The van der Waals surface area contributed by atoms with Gasteiger partial charge in [0.25, 0.3) is 0 Å². The van der Waals surface area contributed by atoms with Gasteiger partial charge in [-0.3, -0.25) is 9.59 Å². The second kappa shape index (κ2) is 8.84. The molecule has 0 aliphatic heterocycles. The van der Waals surface area contributed by atoms with Crippen LogP contribution in [0.15, 0.2) is 29.3 Å². The largest absolute Gasteiger partial charge is 0.417 e. The van der Waals surface area contributed by atoms with E-state index in [1.54, 1.807) is 6.92 Å². The monoisotopic (exact) mass is 441 g/mol. The first-order valence-corrected chi connectivity index (χ1v) is 9.46. The van der Waals surface area contributed by atoms with Crippen molar-refractivity contribution >= 4 is 40.7 Å². The summed E-state index contributed by atoms with van der Waals surface area (Å²) in [7, 11) is 0. The minimum Gasteiger partial charge on any atom is -0.325 e. The highest BCUT2D eigenvalue weighted by Gasteiger charge is 2.33. The number of aromatic nitrogens is 1. The Morgan fingerprint density at radius 3 is 2.52 bits per heavy atom. The number of hydrogen-bond donors (Lipinski definition) is 1. The van der Waals surface area contributed by atoms with Crippen molar-refractivity contribution in [3.05, 3.63) is 51.7 Å². The molecule has 5 nitrogen and oxygen atoms in total. The van der Waals surface area contributed by atoms with Gasteiger partial charge in [-0.05, 0) is 45.0 Å². The fourth-order valence-electron chi connectivity index (χ4n) is 2.39. The van der Waals surface area contributed by atoms with Gasteiger partial charge in [0.1, 0.15) is 11.1 Å². The minimum absolute atomic E-state index is 0.0595. The van der Waals surface area contributed by atoms with Gasteiger partial charge >= 0.3 is 6.18 Å². The first-order valence-electron chi connectivity index (χ1n) is 8.21. The molecule has 10 heteroatoms. The van der Waals surface area contributed by atoms with Gasteiger partial charge in [-0.2, -0.15) is 18.4 Å². The molecular weight excluding hydrogens is 427 g/mol. The summed E-state index contributed by atoms with van der Waals surface area (Å²) in [6.07, 6.45) is -4.65.